The number of benzene rings is 1. The van der Waals surface area contributed by atoms with Crippen molar-refractivity contribution in [1.82, 2.24) is 9.80 Å². The fourth-order valence-corrected chi connectivity index (χ4v) is 8.38. The minimum Gasteiger partial charge on any atom is -0.374 e. The lowest BCUT2D eigenvalue weighted by Crippen LogP contribution is -2.40. The molecule has 2 aliphatic heterocycles. The molecule has 3 atom stereocenters. The van der Waals surface area contributed by atoms with Crippen molar-refractivity contribution in [3.63, 3.8) is 0 Å². The Bertz CT molecular complexity index is 1000. The SMILES string of the molecule is C=CCOC(CC1CCN(C[C@H]2CN(Cc3ccc(Cl)cc3Cl)C[C@@H]2c2ccsc2)CC1)C1CCCCC1. The molecule has 1 saturated carbocycles. The number of nitrogens with zero attached hydrogens (tertiary/aromatic N) is 2. The number of thiophene rings is 1. The van der Waals surface area contributed by atoms with Crippen LogP contribution in [0.5, 0.6) is 0 Å². The summed E-state index contributed by atoms with van der Waals surface area (Å²) >= 11 is 14.5. The topological polar surface area (TPSA) is 15.7 Å². The summed E-state index contributed by atoms with van der Waals surface area (Å²) in [7, 11) is 0. The van der Waals surface area contributed by atoms with Crippen LogP contribution in [0.15, 0.2) is 47.7 Å². The van der Waals surface area contributed by atoms with E-state index in [1.807, 2.05) is 29.5 Å². The van der Waals surface area contributed by atoms with Crippen molar-refractivity contribution in [3.8, 4) is 0 Å². The third-order valence-corrected chi connectivity index (χ3v) is 10.6. The number of likely N-dealkylation sites (tertiary alicyclic amines) is 2. The minimum atomic E-state index is 0.427. The Kier molecular flexibility index (Phi) is 10.7. The zero-order valence-corrected chi connectivity index (χ0v) is 25.0. The lowest BCUT2D eigenvalue weighted by Gasteiger charge is -2.37. The molecule has 0 radical (unpaired) electrons. The second-order valence-electron chi connectivity index (χ2n) is 11.9. The predicted molar refractivity (Wildman–Crippen MR) is 163 cm³/mol. The average Bonchev–Trinajstić information content (AvgIpc) is 3.60. The lowest BCUT2D eigenvalue weighted by molar-refractivity contribution is -0.00766. The molecule has 2 aromatic rings. The van der Waals surface area contributed by atoms with E-state index in [1.165, 1.54) is 82.1 Å². The van der Waals surface area contributed by atoms with Crippen molar-refractivity contribution in [2.45, 2.75) is 69.9 Å². The first-order valence-electron chi connectivity index (χ1n) is 14.7. The third kappa shape index (κ3) is 7.65. The maximum atomic E-state index is 6.53. The van der Waals surface area contributed by atoms with Gasteiger partial charge in [0.15, 0.2) is 0 Å². The zero-order valence-electron chi connectivity index (χ0n) is 22.7. The first kappa shape index (κ1) is 28.6. The van der Waals surface area contributed by atoms with Gasteiger partial charge in [0.2, 0.25) is 0 Å². The summed E-state index contributed by atoms with van der Waals surface area (Å²) in [5.41, 5.74) is 2.68. The molecular formula is C32H44Cl2N2OS. The highest BCUT2D eigenvalue weighted by Gasteiger charge is 2.36. The summed E-state index contributed by atoms with van der Waals surface area (Å²) < 4.78 is 6.35. The Balaban J connectivity index is 1.16. The Hall–Kier alpha value is -0.880. The first-order chi connectivity index (χ1) is 18.6. The molecule has 2 saturated heterocycles. The van der Waals surface area contributed by atoms with Crippen molar-refractivity contribution in [1.29, 1.82) is 0 Å². The molecule has 3 heterocycles. The molecule has 0 spiro atoms. The average molecular weight is 576 g/mol. The van der Waals surface area contributed by atoms with Crippen LogP contribution >= 0.6 is 34.5 Å². The molecular weight excluding hydrogens is 531 g/mol. The summed E-state index contributed by atoms with van der Waals surface area (Å²) in [5.74, 6) is 2.79. The van der Waals surface area contributed by atoms with Crippen molar-refractivity contribution in [3.05, 3.63) is 68.9 Å². The van der Waals surface area contributed by atoms with Crippen molar-refractivity contribution in [2.24, 2.45) is 17.8 Å². The summed E-state index contributed by atoms with van der Waals surface area (Å²) in [6.45, 7) is 11.3. The van der Waals surface area contributed by atoms with Crippen LogP contribution in [0.1, 0.15) is 68.4 Å². The Morgan fingerprint density at radius 2 is 1.84 bits per heavy atom. The van der Waals surface area contributed by atoms with Gasteiger partial charge in [0.25, 0.3) is 0 Å². The van der Waals surface area contributed by atoms with E-state index in [4.69, 9.17) is 27.9 Å². The van der Waals surface area contributed by atoms with Gasteiger partial charge in [0, 0.05) is 42.1 Å². The van der Waals surface area contributed by atoms with Gasteiger partial charge in [-0.05, 0) is 103 Å². The molecule has 1 aliphatic carbocycles. The fourth-order valence-electron chi connectivity index (χ4n) is 7.19. The second kappa shape index (κ2) is 14.1. The van der Waals surface area contributed by atoms with E-state index in [2.05, 4.69) is 39.3 Å². The molecule has 0 N–H and O–H groups in total. The van der Waals surface area contributed by atoms with E-state index in [9.17, 15) is 0 Å². The molecule has 5 rings (SSSR count). The van der Waals surface area contributed by atoms with E-state index >= 15 is 0 Å². The van der Waals surface area contributed by atoms with Crippen molar-refractivity contribution < 1.29 is 4.74 Å². The van der Waals surface area contributed by atoms with Crippen molar-refractivity contribution in [2.75, 3.05) is 39.3 Å². The largest absolute Gasteiger partial charge is 0.374 e. The van der Waals surface area contributed by atoms with Crippen LogP contribution in [-0.4, -0.2) is 55.2 Å². The van der Waals surface area contributed by atoms with Gasteiger partial charge in [-0.15, -0.1) is 6.58 Å². The Morgan fingerprint density at radius 1 is 1.03 bits per heavy atom. The van der Waals surface area contributed by atoms with E-state index in [0.29, 0.717) is 29.6 Å². The molecule has 3 aliphatic rings. The smallest absolute Gasteiger partial charge is 0.0648 e. The summed E-state index contributed by atoms with van der Waals surface area (Å²) in [6.07, 6.45) is 13.1. The quantitative estimate of drug-likeness (QED) is 0.250. The number of rotatable bonds is 11. The molecule has 6 heteroatoms. The van der Waals surface area contributed by atoms with Crippen LogP contribution in [0.2, 0.25) is 10.0 Å². The highest BCUT2D eigenvalue weighted by atomic mass is 35.5. The third-order valence-electron chi connectivity index (χ3n) is 9.27. The number of piperidine rings is 1. The van der Waals surface area contributed by atoms with E-state index in [0.717, 1.165) is 36.5 Å². The molecule has 208 valence electrons. The molecule has 3 fully saturated rings. The van der Waals surface area contributed by atoms with Gasteiger partial charge in [-0.25, -0.2) is 0 Å². The van der Waals surface area contributed by atoms with Crippen LogP contribution in [0, 0.1) is 17.8 Å². The van der Waals surface area contributed by atoms with Crippen LogP contribution in [0.4, 0.5) is 0 Å². The zero-order chi connectivity index (χ0) is 26.3. The molecule has 3 nitrogen and oxygen atoms in total. The lowest BCUT2D eigenvalue weighted by atomic mass is 9.80. The van der Waals surface area contributed by atoms with Crippen LogP contribution in [0.25, 0.3) is 0 Å². The monoisotopic (exact) mass is 574 g/mol. The molecule has 1 unspecified atom stereocenters. The summed E-state index contributed by atoms with van der Waals surface area (Å²) in [4.78, 5) is 5.35. The highest BCUT2D eigenvalue weighted by Crippen LogP contribution is 2.38. The van der Waals surface area contributed by atoms with Crippen molar-refractivity contribution >= 4 is 34.5 Å². The van der Waals surface area contributed by atoms with Crippen LogP contribution < -0.4 is 0 Å². The molecule has 0 bridgehead atoms. The van der Waals surface area contributed by atoms with E-state index in [-0.39, 0.29) is 0 Å². The fraction of sp³-hybridized carbons (Fsp3) is 0.625. The van der Waals surface area contributed by atoms with E-state index < -0.39 is 0 Å². The van der Waals surface area contributed by atoms with Crippen LogP contribution in [0.3, 0.4) is 0 Å². The van der Waals surface area contributed by atoms with Gasteiger partial charge >= 0.3 is 0 Å². The normalized spacial score (nSPS) is 25.1. The predicted octanol–water partition coefficient (Wildman–Crippen LogP) is 8.52. The van der Waals surface area contributed by atoms with Gasteiger partial charge < -0.3 is 9.64 Å². The molecule has 1 aromatic carbocycles. The van der Waals surface area contributed by atoms with E-state index in [1.54, 1.807) is 0 Å². The van der Waals surface area contributed by atoms with Gasteiger partial charge in [-0.1, -0.05) is 54.6 Å². The van der Waals surface area contributed by atoms with Gasteiger partial charge in [-0.3, -0.25) is 4.90 Å². The van der Waals surface area contributed by atoms with Gasteiger partial charge in [0.1, 0.15) is 0 Å². The minimum absolute atomic E-state index is 0.427. The second-order valence-corrected chi connectivity index (χ2v) is 13.5. The maximum absolute atomic E-state index is 6.53. The maximum Gasteiger partial charge on any atom is 0.0648 e. The number of ether oxygens (including phenoxy) is 1. The number of halogens is 2. The number of hydrogen-bond donors (Lipinski definition) is 0. The Labute approximate surface area is 244 Å². The highest BCUT2D eigenvalue weighted by molar-refractivity contribution is 7.08. The molecule has 38 heavy (non-hydrogen) atoms. The van der Waals surface area contributed by atoms with Gasteiger partial charge in [0.05, 0.1) is 12.7 Å². The number of hydrogen-bond acceptors (Lipinski definition) is 4. The standard InChI is InChI=1S/C32H44Cl2N2OS/c1-2-15-37-32(25-6-4-3-5-7-25)17-24-10-13-35(14-11-24)20-28-21-36(22-30(28)27-12-16-38-23-27)19-26-8-9-29(33)18-31(26)34/h2,8-9,12,16,18,23-25,28,30,32H,1,3-7,10-11,13-15,17,19-22H2/t28-,30+,32?/m0/s1. The van der Waals surface area contributed by atoms with Crippen LogP contribution in [-0.2, 0) is 11.3 Å². The Morgan fingerprint density at radius 3 is 2.55 bits per heavy atom. The van der Waals surface area contributed by atoms with Gasteiger partial charge in [-0.2, -0.15) is 11.3 Å². The first-order valence-corrected chi connectivity index (χ1v) is 16.4. The summed E-state index contributed by atoms with van der Waals surface area (Å²) in [5, 5.41) is 6.07. The summed E-state index contributed by atoms with van der Waals surface area (Å²) in [6, 6.07) is 8.25. The molecule has 0 amide bonds. The molecule has 1 aromatic heterocycles.